The zero-order valence-electron chi connectivity index (χ0n) is 14.8. The summed E-state index contributed by atoms with van der Waals surface area (Å²) in [6.07, 6.45) is 0. The number of likely N-dealkylation sites (N-methyl/N-ethyl adjacent to an activating group) is 1. The molecule has 0 fully saturated rings. The molecule has 1 aromatic rings. The topological polar surface area (TPSA) is 75.7 Å². The van der Waals surface area contributed by atoms with E-state index in [1.165, 1.54) is 18.0 Å². The number of ether oxygens (including phenoxy) is 1. The van der Waals surface area contributed by atoms with Gasteiger partial charge >= 0.3 is 5.97 Å². The minimum atomic E-state index is -0.630. The van der Waals surface area contributed by atoms with E-state index in [-0.39, 0.29) is 18.2 Å². The van der Waals surface area contributed by atoms with Gasteiger partial charge in [-0.15, -0.1) is 11.8 Å². The number of amides is 2. The SMILES string of the molecule is CN(CC(=O)NC(C)(C)C)C(=O)COC(=O)CSc1ccccc1F. The number of carbonyl (C=O) groups is 3. The Bertz CT molecular complexity index is 631. The minimum Gasteiger partial charge on any atom is -0.455 e. The first kappa shape index (κ1) is 21.0. The average Bonchev–Trinajstić information content (AvgIpc) is 2.49. The Morgan fingerprint density at radius 3 is 2.48 bits per heavy atom. The Labute approximate surface area is 151 Å². The third-order valence-electron chi connectivity index (χ3n) is 2.86. The molecule has 0 atom stereocenters. The van der Waals surface area contributed by atoms with Crippen molar-refractivity contribution in [1.82, 2.24) is 10.2 Å². The van der Waals surface area contributed by atoms with E-state index in [1.54, 1.807) is 18.2 Å². The number of nitrogens with one attached hydrogen (secondary N) is 1. The van der Waals surface area contributed by atoms with Crippen LogP contribution in [0.15, 0.2) is 29.2 Å². The number of esters is 1. The van der Waals surface area contributed by atoms with E-state index < -0.39 is 29.8 Å². The maximum Gasteiger partial charge on any atom is 0.316 e. The van der Waals surface area contributed by atoms with E-state index in [1.807, 2.05) is 20.8 Å². The summed E-state index contributed by atoms with van der Waals surface area (Å²) >= 11 is 0.994. The van der Waals surface area contributed by atoms with Gasteiger partial charge in [-0.2, -0.15) is 0 Å². The van der Waals surface area contributed by atoms with E-state index in [0.717, 1.165) is 11.8 Å². The normalized spacial score (nSPS) is 10.9. The number of rotatable bonds is 7. The van der Waals surface area contributed by atoms with Crippen molar-refractivity contribution in [1.29, 1.82) is 0 Å². The van der Waals surface area contributed by atoms with Gasteiger partial charge in [0.15, 0.2) is 6.61 Å². The molecule has 0 heterocycles. The predicted octanol–water partition coefficient (Wildman–Crippen LogP) is 1.83. The van der Waals surface area contributed by atoms with Crippen LogP contribution in [-0.4, -0.2) is 54.2 Å². The lowest BCUT2D eigenvalue weighted by Crippen LogP contribution is -2.46. The molecule has 0 radical (unpaired) electrons. The Kier molecular flexibility index (Phi) is 7.89. The molecule has 0 aliphatic heterocycles. The van der Waals surface area contributed by atoms with Crippen LogP contribution in [0.2, 0.25) is 0 Å². The summed E-state index contributed by atoms with van der Waals surface area (Å²) < 4.78 is 18.3. The van der Waals surface area contributed by atoms with E-state index in [4.69, 9.17) is 4.74 Å². The zero-order chi connectivity index (χ0) is 19.0. The molecule has 138 valence electrons. The van der Waals surface area contributed by atoms with Crippen LogP contribution in [0.4, 0.5) is 4.39 Å². The van der Waals surface area contributed by atoms with Gasteiger partial charge in [0.2, 0.25) is 5.91 Å². The van der Waals surface area contributed by atoms with Gasteiger partial charge in [0.05, 0.1) is 12.3 Å². The fraction of sp³-hybridized carbons (Fsp3) is 0.471. The van der Waals surface area contributed by atoms with Crippen LogP contribution in [0.1, 0.15) is 20.8 Å². The lowest BCUT2D eigenvalue weighted by atomic mass is 10.1. The number of halogens is 1. The molecule has 1 aromatic carbocycles. The quantitative estimate of drug-likeness (QED) is 0.585. The molecule has 0 aliphatic rings. The summed E-state index contributed by atoms with van der Waals surface area (Å²) in [6, 6.07) is 6.08. The van der Waals surface area contributed by atoms with Gasteiger partial charge in [0, 0.05) is 17.5 Å². The fourth-order valence-electron chi connectivity index (χ4n) is 1.75. The summed E-state index contributed by atoms with van der Waals surface area (Å²) in [7, 11) is 1.45. The summed E-state index contributed by atoms with van der Waals surface area (Å²) in [5, 5.41) is 2.73. The van der Waals surface area contributed by atoms with Gasteiger partial charge in [-0.1, -0.05) is 12.1 Å². The number of thioether (sulfide) groups is 1. The molecule has 0 spiro atoms. The van der Waals surface area contributed by atoms with Crippen molar-refractivity contribution >= 4 is 29.5 Å². The van der Waals surface area contributed by atoms with Gasteiger partial charge in [-0.25, -0.2) is 4.39 Å². The van der Waals surface area contributed by atoms with Crippen LogP contribution in [0.3, 0.4) is 0 Å². The van der Waals surface area contributed by atoms with Crippen molar-refractivity contribution in [2.24, 2.45) is 0 Å². The fourth-order valence-corrected chi connectivity index (χ4v) is 2.49. The molecule has 0 saturated carbocycles. The molecule has 2 amide bonds. The Morgan fingerprint density at radius 2 is 1.88 bits per heavy atom. The smallest absolute Gasteiger partial charge is 0.316 e. The van der Waals surface area contributed by atoms with Crippen LogP contribution in [0.25, 0.3) is 0 Å². The van der Waals surface area contributed by atoms with Crippen molar-refractivity contribution in [3.8, 4) is 0 Å². The lowest BCUT2D eigenvalue weighted by Gasteiger charge is -2.23. The summed E-state index contributed by atoms with van der Waals surface area (Å²) in [5.74, 6) is -1.95. The molecule has 0 unspecified atom stereocenters. The minimum absolute atomic E-state index is 0.109. The van der Waals surface area contributed by atoms with Gasteiger partial charge in [0.25, 0.3) is 5.91 Å². The summed E-state index contributed by atoms with van der Waals surface area (Å²) in [6.45, 7) is 4.92. The van der Waals surface area contributed by atoms with Crippen LogP contribution in [0.5, 0.6) is 0 Å². The first-order valence-corrected chi connectivity index (χ1v) is 8.65. The van der Waals surface area contributed by atoms with Crippen molar-refractivity contribution in [2.75, 3.05) is 26.0 Å². The molecule has 0 bridgehead atoms. The molecule has 25 heavy (non-hydrogen) atoms. The molecule has 6 nitrogen and oxygen atoms in total. The van der Waals surface area contributed by atoms with Crippen molar-refractivity contribution in [2.45, 2.75) is 31.2 Å². The van der Waals surface area contributed by atoms with E-state index >= 15 is 0 Å². The first-order chi connectivity index (χ1) is 11.6. The molecule has 0 aromatic heterocycles. The second-order valence-electron chi connectivity index (χ2n) is 6.43. The second kappa shape index (κ2) is 9.41. The standard InChI is InChI=1S/C17H23FN2O4S/c1-17(2,3)19-14(21)9-20(4)15(22)10-24-16(23)11-25-13-8-6-5-7-12(13)18/h5-8H,9-11H2,1-4H3,(H,19,21). The number of carbonyl (C=O) groups excluding carboxylic acids is 3. The van der Waals surface area contributed by atoms with Gasteiger partial charge in [0.1, 0.15) is 5.82 Å². The molecular weight excluding hydrogens is 347 g/mol. The highest BCUT2D eigenvalue weighted by atomic mass is 32.2. The molecular formula is C17H23FN2O4S. The Morgan fingerprint density at radius 1 is 1.24 bits per heavy atom. The van der Waals surface area contributed by atoms with E-state index in [9.17, 15) is 18.8 Å². The number of hydrogen-bond acceptors (Lipinski definition) is 5. The third kappa shape index (κ3) is 8.53. The van der Waals surface area contributed by atoms with Gasteiger partial charge in [-0.05, 0) is 32.9 Å². The van der Waals surface area contributed by atoms with Crippen molar-refractivity contribution in [3.63, 3.8) is 0 Å². The van der Waals surface area contributed by atoms with E-state index in [2.05, 4.69) is 5.32 Å². The first-order valence-electron chi connectivity index (χ1n) is 7.66. The monoisotopic (exact) mass is 370 g/mol. The van der Waals surface area contributed by atoms with Gasteiger partial charge < -0.3 is 15.0 Å². The number of benzene rings is 1. The van der Waals surface area contributed by atoms with Crippen LogP contribution in [0, 0.1) is 5.82 Å². The summed E-state index contributed by atoms with van der Waals surface area (Å²) in [5.41, 5.74) is -0.391. The molecule has 0 aliphatic carbocycles. The Hall–Kier alpha value is -2.09. The maximum atomic E-state index is 13.4. The van der Waals surface area contributed by atoms with Crippen molar-refractivity contribution < 1.29 is 23.5 Å². The predicted molar refractivity (Wildman–Crippen MR) is 93.6 cm³/mol. The summed E-state index contributed by atoms with van der Waals surface area (Å²) in [4.78, 5) is 36.8. The molecule has 8 heteroatoms. The van der Waals surface area contributed by atoms with Crippen molar-refractivity contribution in [3.05, 3.63) is 30.1 Å². The number of hydrogen-bond donors (Lipinski definition) is 1. The average molecular weight is 370 g/mol. The van der Waals surface area contributed by atoms with Gasteiger partial charge in [-0.3, -0.25) is 14.4 Å². The second-order valence-corrected chi connectivity index (χ2v) is 7.44. The highest BCUT2D eigenvalue weighted by molar-refractivity contribution is 8.00. The molecule has 0 saturated heterocycles. The van der Waals surface area contributed by atoms with Crippen LogP contribution >= 0.6 is 11.8 Å². The van der Waals surface area contributed by atoms with Crippen LogP contribution in [-0.2, 0) is 19.1 Å². The third-order valence-corrected chi connectivity index (χ3v) is 3.88. The highest BCUT2D eigenvalue weighted by Gasteiger charge is 2.18. The Balaban J connectivity index is 2.34. The zero-order valence-corrected chi connectivity index (χ0v) is 15.6. The largest absolute Gasteiger partial charge is 0.455 e. The highest BCUT2D eigenvalue weighted by Crippen LogP contribution is 2.20. The maximum absolute atomic E-state index is 13.4. The van der Waals surface area contributed by atoms with Crippen LogP contribution < -0.4 is 5.32 Å². The molecule has 1 N–H and O–H groups in total. The van der Waals surface area contributed by atoms with E-state index in [0.29, 0.717) is 4.90 Å². The lowest BCUT2D eigenvalue weighted by molar-refractivity contribution is -0.149. The number of nitrogens with zero attached hydrogens (tertiary/aromatic N) is 1. The molecule has 1 rings (SSSR count).